The standard InChI is InChI=1S/C13H14BrFN2OS/c14-11-8(4-1-5-9(11)15)13(18)17-10-6-2-3-7(10)12(16)19/h1,4-5,7,10H,2-3,6H2,(H2,16,19)(H,17,18). The van der Waals surface area contributed by atoms with Gasteiger partial charge >= 0.3 is 0 Å². The number of thiocarbonyl (C=S) groups is 1. The van der Waals surface area contributed by atoms with Gasteiger partial charge in [0.15, 0.2) is 0 Å². The molecule has 1 aromatic rings. The van der Waals surface area contributed by atoms with E-state index in [4.69, 9.17) is 18.0 Å². The summed E-state index contributed by atoms with van der Waals surface area (Å²) < 4.78 is 13.6. The van der Waals surface area contributed by atoms with E-state index in [2.05, 4.69) is 21.2 Å². The predicted octanol–water partition coefficient (Wildman–Crippen LogP) is 2.77. The zero-order valence-corrected chi connectivity index (χ0v) is 12.6. The van der Waals surface area contributed by atoms with Gasteiger partial charge in [-0.05, 0) is 40.9 Å². The van der Waals surface area contributed by atoms with Gasteiger partial charge in [0, 0.05) is 12.0 Å². The van der Waals surface area contributed by atoms with Crippen molar-refractivity contribution < 1.29 is 9.18 Å². The van der Waals surface area contributed by atoms with Crippen LogP contribution in [-0.4, -0.2) is 16.9 Å². The van der Waals surface area contributed by atoms with Crippen LogP contribution in [0.1, 0.15) is 29.6 Å². The summed E-state index contributed by atoms with van der Waals surface area (Å²) in [4.78, 5) is 12.6. The molecule has 2 atom stereocenters. The van der Waals surface area contributed by atoms with E-state index >= 15 is 0 Å². The third-order valence-electron chi connectivity index (χ3n) is 3.39. The fourth-order valence-corrected chi connectivity index (χ4v) is 3.13. The Balaban J connectivity index is 2.13. The Morgan fingerprint density at radius 1 is 1.47 bits per heavy atom. The van der Waals surface area contributed by atoms with Gasteiger partial charge < -0.3 is 11.1 Å². The third-order valence-corrected chi connectivity index (χ3v) is 4.50. The Bertz CT molecular complexity index is 523. The normalized spacial score (nSPS) is 22.2. The molecule has 2 unspecified atom stereocenters. The largest absolute Gasteiger partial charge is 0.393 e. The molecule has 2 rings (SSSR count). The van der Waals surface area contributed by atoms with Crippen LogP contribution in [-0.2, 0) is 0 Å². The van der Waals surface area contributed by atoms with E-state index in [1.165, 1.54) is 12.1 Å². The fraction of sp³-hybridized carbons (Fsp3) is 0.385. The van der Waals surface area contributed by atoms with Crippen molar-refractivity contribution in [1.82, 2.24) is 5.32 Å². The molecule has 0 radical (unpaired) electrons. The Morgan fingerprint density at radius 2 is 2.21 bits per heavy atom. The van der Waals surface area contributed by atoms with Crippen LogP contribution < -0.4 is 11.1 Å². The first-order valence-electron chi connectivity index (χ1n) is 6.05. The minimum absolute atomic E-state index is 0.0336. The van der Waals surface area contributed by atoms with Crippen molar-refractivity contribution in [3.63, 3.8) is 0 Å². The molecule has 1 amide bonds. The monoisotopic (exact) mass is 344 g/mol. The highest BCUT2D eigenvalue weighted by atomic mass is 79.9. The quantitative estimate of drug-likeness (QED) is 0.829. The molecule has 3 nitrogen and oxygen atoms in total. The number of hydrogen-bond acceptors (Lipinski definition) is 2. The number of carbonyl (C=O) groups excluding carboxylic acids is 1. The Hall–Kier alpha value is -1.01. The minimum Gasteiger partial charge on any atom is -0.393 e. The molecule has 0 aliphatic heterocycles. The Morgan fingerprint density at radius 3 is 2.89 bits per heavy atom. The zero-order valence-electron chi connectivity index (χ0n) is 10.2. The van der Waals surface area contributed by atoms with Gasteiger partial charge in [-0.2, -0.15) is 0 Å². The molecule has 19 heavy (non-hydrogen) atoms. The molecule has 1 aliphatic carbocycles. The summed E-state index contributed by atoms with van der Waals surface area (Å²) in [7, 11) is 0. The molecule has 0 aromatic heterocycles. The summed E-state index contributed by atoms with van der Waals surface area (Å²) >= 11 is 8.09. The number of halogens is 2. The van der Waals surface area contributed by atoms with E-state index in [0.717, 1.165) is 19.3 Å². The van der Waals surface area contributed by atoms with Gasteiger partial charge in [-0.15, -0.1) is 0 Å². The van der Waals surface area contributed by atoms with Crippen molar-refractivity contribution in [2.24, 2.45) is 11.7 Å². The molecule has 1 saturated carbocycles. The van der Waals surface area contributed by atoms with Crippen molar-refractivity contribution in [2.75, 3.05) is 0 Å². The topological polar surface area (TPSA) is 55.1 Å². The average molecular weight is 345 g/mol. The Labute approximate surface area is 124 Å². The van der Waals surface area contributed by atoms with Crippen LogP contribution in [0.4, 0.5) is 4.39 Å². The van der Waals surface area contributed by atoms with Crippen LogP contribution in [0.15, 0.2) is 22.7 Å². The lowest BCUT2D eigenvalue weighted by Crippen LogP contribution is -2.41. The van der Waals surface area contributed by atoms with E-state index < -0.39 is 5.82 Å². The van der Waals surface area contributed by atoms with Crippen LogP contribution in [0.25, 0.3) is 0 Å². The molecular formula is C13H14BrFN2OS. The number of amides is 1. The predicted molar refractivity (Wildman–Crippen MR) is 79.5 cm³/mol. The van der Waals surface area contributed by atoms with Gasteiger partial charge in [-0.25, -0.2) is 4.39 Å². The lowest BCUT2D eigenvalue weighted by molar-refractivity contribution is 0.0932. The van der Waals surface area contributed by atoms with Crippen LogP contribution in [0.5, 0.6) is 0 Å². The highest BCUT2D eigenvalue weighted by Gasteiger charge is 2.31. The number of rotatable bonds is 3. The number of benzene rings is 1. The summed E-state index contributed by atoms with van der Waals surface area (Å²) in [5.41, 5.74) is 5.95. The third kappa shape index (κ3) is 3.12. The molecule has 0 bridgehead atoms. The molecular weight excluding hydrogens is 331 g/mol. The highest BCUT2D eigenvalue weighted by molar-refractivity contribution is 9.10. The lowest BCUT2D eigenvalue weighted by atomic mass is 10.0. The zero-order chi connectivity index (χ0) is 14.0. The van der Waals surface area contributed by atoms with Crippen molar-refractivity contribution in [3.05, 3.63) is 34.1 Å². The van der Waals surface area contributed by atoms with E-state index in [0.29, 0.717) is 4.99 Å². The number of nitrogens with one attached hydrogen (secondary N) is 1. The van der Waals surface area contributed by atoms with Gasteiger partial charge in [0.05, 0.1) is 15.0 Å². The summed E-state index contributed by atoms with van der Waals surface area (Å²) in [6.45, 7) is 0. The molecule has 3 N–H and O–H groups in total. The van der Waals surface area contributed by atoms with Crippen LogP contribution in [0, 0.1) is 11.7 Å². The van der Waals surface area contributed by atoms with E-state index in [-0.39, 0.29) is 27.9 Å². The van der Waals surface area contributed by atoms with Crippen molar-refractivity contribution in [2.45, 2.75) is 25.3 Å². The summed E-state index contributed by atoms with van der Waals surface area (Å²) in [6, 6.07) is 4.33. The molecule has 1 aliphatic rings. The first kappa shape index (κ1) is 14.4. The highest BCUT2D eigenvalue weighted by Crippen LogP contribution is 2.27. The van der Waals surface area contributed by atoms with E-state index in [1.54, 1.807) is 6.07 Å². The van der Waals surface area contributed by atoms with Gasteiger partial charge in [0.2, 0.25) is 0 Å². The second-order valence-electron chi connectivity index (χ2n) is 4.62. The number of carbonyl (C=O) groups is 1. The van der Waals surface area contributed by atoms with Crippen LogP contribution in [0.2, 0.25) is 0 Å². The second-order valence-corrected chi connectivity index (χ2v) is 5.89. The van der Waals surface area contributed by atoms with E-state index in [1.807, 2.05) is 0 Å². The van der Waals surface area contributed by atoms with Crippen molar-refractivity contribution in [1.29, 1.82) is 0 Å². The van der Waals surface area contributed by atoms with Gasteiger partial charge in [0.1, 0.15) is 5.82 Å². The molecule has 0 saturated heterocycles. The molecule has 6 heteroatoms. The molecule has 0 heterocycles. The maximum atomic E-state index is 13.4. The summed E-state index contributed by atoms with van der Waals surface area (Å²) in [6.07, 6.45) is 2.72. The first-order chi connectivity index (χ1) is 9.00. The second kappa shape index (κ2) is 5.96. The summed E-state index contributed by atoms with van der Waals surface area (Å²) in [5, 5.41) is 2.89. The molecule has 102 valence electrons. The van der Waals surface area contributed by atoms with E-state index in [9.17, 15) is 9.18 Å². The van der Waals surface area contributed by atoms with Crippen LogP contribution in [0.3, 0.4) is 0 Å². The maximum Gasteiger partial charge on any atom is 0.252 e. The molecule has 0 spiro atoms. The minimum atomic E-state index is -0.454. The molecule has 1 fully saturated rings. The maximum absolute atomic E-state index is 13.4. The molecule has 1 aromatic carbocycles. The lowest BCUT2D eigenvalue weighted by Gasteiger charge is -2.20. The first-order valence-corrected chi connectivity index (χ1v) is 7.25. The van der Waals surface area contributed by atoms with Gasteiger partial charge in [0.25, 0.3) is 5.91 Å². The Kier molecular flexibility index (Phi) is 4.52. The van der Waals surface area contributed by atoms with Gasteiger partial charge in [-0.3, -0.25) is 4.79 Å². The van der Waals surface area contributed by atoms with Crippen LogP contribution >= 0.6 is 28.1 Å². The summed E-state index contributed by atoms with van der Waals surface area (Å²) in [5.74, 6) is -0.726. The number of nitrogens with two attached hydrogens (primary N) is 1. The van der Waals surface area contributed by atoms with Crippen molar-refractivity contribution in [3.8, 4) is 0 Å². The average Bonchev–Trinajstić information content (AvgIpc) is 2.80. The number of hydrogen-bond donors (Lipinski definition) is 2. The van der Waals surface area contributed by atoms with Crippen molar-refractivity contribution >= 4 is 39.0 Å². The fourth-order valence-electron chi connectivity index (χ4n) is 2.40. The smallest absolute Gasteiger partial charge is 0.252 e. The van der Waals surface area contributed by atoms with Gasteiger partial charge in [-0.1, -0.05) is 24.7 Å². The SMILES string of the molecule is NC(=S)C1CCCC1NC(=O)c1cccc(F)c1Br.